The van der Waals surface area contributed by atoms with Crippen LogP contribution in [0.25, 0.3) is 10.9 Å². The van der Waals surface area contributed by atoms with Crippen molar-refractivity contribution in [3.05, 3.63) is 59.8 Å². The maximum Gasteiger partial charge on any atom is 0.416 e. The van der Waals surface area contributed by atoms with Crippen molar-refractivity contribution in [2.45, 2.75) is 20.0 Å². The first-order valence-corrected chi connectivity index (χ1v) is 9.00. The maximum absolute atomic E-state index is 13.0. The Morgan fingerprint density at radius 2 is 1.79 bits per heavy atom. The minimum absolute atomic E-state index is 0.112. The Balaban J connectivity index is 2.09. The molecule has 0 spiro atoms. The zero-order valence-corrected chi connectivity index (χ0v) is 15.8. The number of hydrogen-bond donors (Lipinski definition) is 1. The number of benzene rings is 2. The van der Waals surface area contributed by atoms with Crippen LogP contribution in [0.15, 0.2) is 48.7 Å². The number of esters is 1. The van der Waals surface area contributed by atoms with Crippen molar-refractivity contribution in [2.24, 2.45) is 0 Å². The first-order chi connectivity index (χ1) is 13.8. The van der Waals surface area contributed by atoms with Gasteiger partial charge in [-0.25, -0.2) is 4.79 Å². The van der Waals surface area contributed by atoms with Crippen molar-refractivity contribution in [3.8, 4) is 5.75 Å². The fraction of sp³-hybridized carbons (Fsp3) is 0.238. The highest BCUT2D eigenvalue weighted by atomic mass is 19.4. The fourth-order valence-electron chi connectivity index (χ4n) is 2.81. The van der Waals surface area contributed by atoms with Crippen LogP contribution in [0.2, 0.25) is 0 Å². The number of rotatable bonds is 6. The number of carbonyl (C=O) groups is 1. The third kappa shape index (κ3) is 4.59. The number of pyridine rings is 1. The largest absolute Gasteiger partial charge is 0.494 e. The number of carbonyl (C=O) groups excluding carboxylic acids is 1. The van der Waals surface area contributed by atoms with Gasteiger partial charge in [0, 0.05) is 17.3 Å². The van der Waals surface area contributed by atoms with E-state index in [4.69, 9.17) is 9.47 Å². The summed E-state index contributed by atoms with van der Waals surface area (Å²) in [5.74, 6) is 0.0632. The second-order valence-electron chi connectivity index (χ2n) is 6.08. The Morgan fingerprint density at radius 1 is 1.07 bits per heavy atom. The summed E-state index contributed by atoms with van der Waals surface area (Å²) in [6.07, 6.45) is -3.27. The number of hydrogen-bond acceptors (Lipinski definition) is 5. The van der Waals surface area contributed by atoms with E-state index >= 15 is 0 Å². The van der Waals surface area contributed by atoms with Gasteiger partial charge in [0.05, 0.1) is 30.0 Å². The number of fused-ring (bicyclic) bond motifs is 1. The average molecular weight is 404 g/mol. The van der Waals surface area contributed by atoms with Crippen LogP contribution in [-0.2, 0) is 10.9 Å². The van der Waals surface area contributed by atoms with Crippen molar-refractivity contribution in [2.75, 3.05) is 18.5 Å². The SMILES string of the molecule is CCOC(=O)c1cnc2cc(C(F)(F)F)ccc2c1Nc1ccc(OCC)cc1. The fourth-order valence-corrected chi connectivity index (χ4v) is 2.81. The Hall–Kier alpha value is -3.29. The highest BCUT2D eigenvalue weighted by molar-refractivity contribution is 6.06. The molecule has 0 saturated heterocycles. The molecule has 8 heteroatoms. The van der Waals surface area contributed by atoms with Crippen LogP contribution < -0.4 is 10.1 Å². The lowest BCUT2D eigenvalue weighted by atomic mass is 10.1. The Kier molecular flexibility index (Phi) is 5.91. The molecule has 0 atom stereocenters. The van der Waals surface area contributed by atoms with Crippen molar-refractivity contribution in [1.29, 1.82) is 0 Å². The van der Waals surface area contributed by atoms with Crippen LogP contribution in [0.5, 0.6) is 5.75 Å². The van der Waals surface area contributed by atoms with Gasteiger partial charge in [0.15, 0.2) is 0 Å². The number of halogens is 3. The minimum Gasteiger partial charge on any atom is -0.494 e. The van der Waals surface area contributed by atoms with Gasteiger partial charge in [-0.05, 0) is 50.2 Å². The number of nitrogens with zero attached hydrogens (tertiary/aromatic N) is 1. The van der Waals surface area contributed by atoms with E-state index < -0.39 is 17.7 Å². The molecule has 0 radical (unpaired) electrons. The summed E-state index contributed by atoms with van der Waals surface area (Å²) in [5, 5.41) is 3.48. The Labute approximate surface area is 165 Å². The van der Waals surface area contributed by atoms with Gasteiger partial charge in [-0.2, -0.15) is 13.2 Å². The van der Waals surface area contributed by atoms with E-state index in [1.807, 2.05) is 6.92 Å². The molecule has 0 saturated carbocycles. The monoisotopic (exact) mass is 404 g/mol. The van der Waals surface area contributed by atoms with E-state index in [-0.39, 0.29) is 17.7 Å². The quantitative estimate of drug-likeness (QED) is 0.544. The second-order valence-corrected chi connectivity index (χ2v) is 6.08. The molecule has 2 aromatic carbocycles. The summed E-state index contributed by atoms with van der Waals surface area (Å²) in [5.41, 5.74) is 0.389. The van der Waals surface area contributed by atoms with Crippen molar-refractivity contribution < 1.29 is 27.4 Å². The minimum atomic E-state index is -4.49. The highest BCUT2D eigenvalue weighted by Crippen LogP contribution is 2.35. The average Bonchev–Trinajstić information content (AvgIpc) is 2.69. The van der Waals surface area contributed by atoms with Crippen LogP contribution in [0, 0.1) is 0 Å². The van der Waals surface area contributed by atoms with Gasteiger partial charge in [-0.1, -0.05) is 6.07 Å². The van der Waals surface area contributed by atoms with Gasteiger partial charge in [-0.15, -0.1) is 0 Å². The molecule has 1 N–H and O–H groups in total. The Bertz CT molecular complexity index is 1020. The molecule has 0 fully saturated rings. The molecule has 152 valence electrons. The van der Waals surface area contributed by atoms with Crippen molar-refractivity contribution >= 4 is 28.2 Å². The lowest BCUT2D eigenvalue weighted by Gasteiger charge is -2.15. The van der Waals surface area contributed by atoms with Gasteiger partial charge in [0.2, 0.25) is 0 Å². The molecule has 0 aliphatic rings. The first kappa shape index (κ1) is 20.4. The van der Waals surface area contributed by atoms with Gasteiger partial charge < -0.3 is 14.8 Å². The third-order valence-corrected chi connectivity index (χ3v) is 4.13. The normalized spacial score (nSPS) is 11.3. The predicted molar refractivity (Wildman–Crippen MR) is 104 cm³/mol. The van der Waals surface area contributed by atoms with Gasteiger partial charge in [0.25, 0.3) is 0 Å². The van der Waals surface area contributed by atoms with E-state index in [0.717, 1.165) is 12.1 Å². The molecule has 0 amide bonds. The lowest BCUT2D eigenvalue weighted by molar-refractivity contribution is -0.137. The smallest absolute Gasteiger partial charge is 0.416 e. The molecule has 3 rings (SSSR count). The summed E-state index contributed by atoms with van der Waals surface area (Å²) >= 11 is 0. The molecular weight excluding hydrogens is 385 g/mol. The molecule has 1 aromatic heterocycles. The summed E-state index contributed by atoms with van der Waals surface area (Å²) < 4.78 is 49.6. The van der Waals surface area contributed by atoms with Crippen LogP contribution in [0.3, 0.4) is 0 Å². The van der Waals surface area contributed by atoms with E-state index in [2.05, 4.69) is 10.3 Å². The number of aromatic nitrogens is 1. The van der Waals surface area contributed by atoms with Gasteiger partial charge in [-0.3, -0.25) is 4.98 Å². The molecule has 5 nitrogen and oxygen atoms in total. The zero-order chi connectivity index (χ0) is 21.0. The van der Waals surface area contributed by atoms with Crippen LogP contribution in [-0.4, -0.2) is 24.2 Å². The second kappa shape index (κ2) is 8.38. The maximum atomic E-state index is 13.0. The van der Waals surface area contributed by atoms with Crippen molar-refractivity contribution in [1.82, 2.24) is 4.98 Å². The summed E-state index contributed by atoms with van der Waals surface area (Å²) in [6, 6.07) is 10.2. The van der Waals surface area contributed by atoms with E-state index in [1.54, 1.807) is 31.2 Å². The number of ether oxygens (including phenoxy) is 2. The molecular formula is C21H19F3N2O3. The molecule has 29 heavy (non-hydrogen) atoms. The van der Waals surface area contributed by atoms with Crippen LogP contribution in [0.4, 0.5) is 24.5 Å². The van der Waals surface area contributed by atoms with E-state index in [1.165, 1.54) is 12.3 Å². The van der Waals surface area contributed by atoms with E-state index in [0.29, 0.717) is 29.1 Å². The predicted octanol–water partition coefficient (Wildman–Crippen LogP) is 5.57. The first-order valence-electron chi connectivity index (χ1n) is 9.00. The van der Waals surface area contributed by atoms with Crippen molar-refractivity contribution in [3.63, 3.8) is 0 Å². The summed E-state index contributed by atoms with van der Waals surface area (Å²) in [6.45, 7) is 4.22. The molecule has 0 bridgehead atoms. The highest BCUT2D eigenvalue weighted by Gasteiger charge is 2.31. The molecule has 1 heterocycles. The van der Waals surface area contributed by atoms with Gasteiger partial charge >= 0.3 is 12.1 Å². The van der Waals surface area contributed by atoms with Gasteiger partial charge in [0.1, 0.15) is 11.3 Å². The molecule has 0 aliphatic heterocycles. The number of anilines is 2. The summed E-state index contributed by atoms with van der Waals surface area (Å²) in [7, 11) is 0. The number of alkyl halides is 3. The topological polar surface area (TPSA) is 60.5 Å². The molecule has 3 aromatic rings. The van der Waals surface area contributed by atoms with Crippen LogP contribution in [0.1, 0.15) is 29.8 Å². The van der Waals surface area contributed by atoms with Crippen LogP contribution >= 0.6 is 0 Å². The lowest BCUT2D eigenvalue weighted by Crippen LogP contribution is -2.10. The number of nitrogens with one attached hydrogen (secondary N) is 1. The standard InChI is InChI=1S/C21H19F3N2O3/c1-3-28-15-8-6-14(7-9-15)26-19-16-10-5-13(21(22,23)24)11-18(16)25-12-17(19)20(27)29-4-2/h5-12H,3-4H2,1-2H3,(H,25,26). The Morgan fingerprint density at radius 3 is 2.41 bits per heavy atom. The summed E-state index contributed by atoms with van der Waals surface area (Å²) in [4.78, 5) is 16.4. The molecule has 0 aliphatic carbocycles. The zero-order valence-electron chi connectivity index (χ0n) is 15.8. The third-order valence-electron chi connectivity index (χ3n) is 4.13. The molecule has 0 unspecified atom stereocenters. The van der Waals surface area contributed by atoms with E-state index in [9.17, 15) is 18.0 Å².